The van der Waals surface area contributed by atoms with Gasteiger partial charge in [-0.25, -0.2) is 14.8 Å². The summed E-state index contributed by atoms with van der Waals surface area (Å²) < 4.78 is 2.22. The lowest BCUT2D eigenvalue weighted by Crippen LogP contribution is -2.42. The van der Waals surface area contributed by atoms with Crippen molar-refractivity contribution >= 4 is 5.91 Å². The van der Waals surface area contributed by atoms with Gasteiger partial charge in [0, 0.05) is 57.3 Å². The van der Waals surface area contributed by atoms with Crippen LogP contribution in [-0.2, 0) is 20.5 Å². The van der Waals surface area contributed by atoms with Crippen molar-refractivity contribution in [3.8, 4) is 11.1 Å². The molecular formula is C24H28N6O3. The standard InChI is InChI=1S/C24H28N6O3/c1-5-7-20-26-14-17(16-9-10-25-13-15(16)2)22(27-20)18-8-6-11-30(18)23(32)19-12-21(31)29(4)24(33)28(19)3/h9-10,12-14,18H,5-8,11H2,1-4H3/t18-/m0/s1. The van der Waals surface area contributed by atoms with E-state index in [0.29, 0.717) is 6.54 Å². The Morgan fingerprint density at radius 1 is 1.15 bits per heavy atom. The number of aromatic nitrogens is 5. The van der Waals surface area contributed by atoms with E-state index in [2.05, 4.69) is 16.9 Å². The number of aryl methyl sites for hydroxylation is 2. The van der Waals surface area contributed by atoms with Crippen molar-refractivity contribution in [1.29, 1.82) is 0 Å². The normalized spacial score (nSPS) is 15.8. The fourth-order valence-corrected chi connectivity index (χ4v) is 4.39. The summed E-state index contributed by atoms with van der Waals surface area (Å²) in [6, 6.07) is 2.89. The summed E-state index contributed by atoms with van der Waals surface area (Å²) in [7, 11) is 2.91. The van der Waals surface area contributed by atoms with Crippen LogP contribution in [0.4, 0.5) is 0 Å². The number of carbonyl (C=O) groups is 1. The third kappa shape index (κ3) is 4.10. The molecule has 33 heavy (non-hydrogen) atoms. The molecule has 0 bridgehead atoms. The van der Waals surface area contributed by atoms with Gasteiger partial charge in [-0.15, -0.1) is 0 Å². The quantitative estimate of drug-likeness (QED) is 0.593. The summed E-state index contributed by atoms with van der Waals surface area (Å²) in [5.41, 5.74) is 2.69. The van der Waals surface area contributed by atoms with E-state index in [-0.39, 0.29) is 17.6 Å². The molecule has 1 aliphatic heterocycles. The van der Waals surface area contributed by atoms with Crippen molar-refractivity contribution in [3.63, 3.8) is 0 Å². The first-order valence-corrected chi connectivity index (χ1v) is 11.2. The molecule has 3 aromatic rings. The third-order valence-corrected chi connectivity index (χ3v) is 6.23. The second-order valence-electron chi connectivity index (χ2n) is 8.45. The number of rotatable bonds is 5. The first-order valence-electron chi connectivity index (χ1n) is 11.2. The molecule has 0 radical (unpaired) electrons. The summed E-state index contributed by atoms with van der Waals surface area (Å²) in [4.78, 5) is 53.6. The average Bonchev–Trinajstić information content (AvgIpc) is 3.30. The Labute approximate surface area is 191 Å². The number of pyridine rings is 1. The third-order valence-electron chi connectivity index (χ3n) is 6.23. The van der Waals surface area contributed by atoms with E-state index in [0.717, 1.165) is 58.5 Å². The second-order valence-corrected chi connectivity index (χ2v) is 8.45. The largest absolute Gasteiger partial charge is 0.331 e. The molecule has 1 aliphatic rings. The minimum absolute atomic E-state index is 0.0829. The minimum atomic E-state index is -0.526. The number of nitrogens with zero attached hydrogens (tertiary/aromatic N) is 6. The number of hydrogen-bond acceptors (Lipinski definition) is 6. The average molecular weight is 449 g/mol. The van der Waals surface area contributed by atoms with Crippen molar-refractivity contribution < 1.29 is 4.79 Å². The number of hydrogen-bond donors (Lipinski definition) is 0. The van der Waals surface area contributed by atoms with E-state index >= 15 is 0 Å². The molecule has 172 valence electrons. The summed E-state index contributed by atoms with van der Waals surface area (Å²) in [5.74, 6) is 0.395. The Morgan fingerprint density at radius 2 is 1.94 bits per heavy atom. The van der Waals surface area contributed by atoms with Crippen LogP contribution in [0.15, 0.2) is 40.3 Å². The molecule has 4 heterocycles. The van der Waals surface area contributed by atoms with Crippen LogP contribution in [0.2, 0.25) is 0 Å². The van der Waals surface area contributed by atoms with E-state index in [1.165, 1.54) is 24.7 Å². The Kier molecular flexibility index (Phi) is 6.22. The van der Waals surface area contributed by atoms with E-state index < -0.39 is 11.2 Å². The molecule has 1 saturated heterocycles. The Bertz CT molecular complexity index is 1330. The highest BCUT2D eigenvalue weighted by Gasteiger charge is 2.35. The molecule has 0 unspecified atom stereocenters. The van der Waals surface area contributed by atoms with Crippen LogP contribution in [-0.4, -0.2) is 41.4 Å². The Morgan fingerprint density at radius 3 is 2.67 bits per heavy atom. The van der Waals surface area contributed by atoms with E-state index in [4.69, 9.17) is 4.98 Å². The Hall–Kier alpha value is -3.62. The predicted molar refractivity (Wildman–Crippen MR) is 124 cm³/mol. The minimum Gasteiger partial charge on any atom is -0.329 e. The maximum atomic E-state index is 13.6. The number of amides is 1. The first kappa shape index (κ1) is 22.6. The zero-order chi connectivity index (χ0) is 23.7. The summed E-state index contributed by atoms with van der Waals surface area (Å²) in [5, 5.41) is 0. The van der Waals surface area contributed by atoms with E-state index in [9.17, 15) is 14.4 Å². The molecule has 4 rings (SSSR count). The van der Waals surface area contributed by atoms with Crippen molar-refractivity contribution in [2.75, 3.05) is 6.54 Å². The van der Waals surface area contributed by atoms with Crippen molar-refractivity contribution in [2.24, 2.45) is 14.1 Å². The molecule has 0 aromatic carbocycles. The molecule has 0 saturated carbocycles. The SMILES string of the molecule is CCCc1ncc(-c2ccncc2C)c([C@@H]2CCCN2C(=O)c2cc(=O)n(C)c(=O)n2C)n1. The van der Waals surface area contributed by atoms with Gasteiger partial charge in [-0.1, -0.05) is 6.92 Å². The summed E-state index contributed by atoms with van der Waals surface area (Å²) in [6.45, 7) is 4.58. The first-order chi connectivity index (χ1) is 15.8. The maximum absolute atomic E-state index is 13.6. The van der Waals surface area contributed by atoms with Gasteiger partial charge in [0.25, 0.3) is 11.5 Å². The molecule has 9 nitrogen and oxygen atoms in total. The lowest BCUT2D eigenvalue weighted by atomic mass is 9.97. The number of likely N-dealkylation sites (tertiary alicyclic amines) is 1. The maximum Gasteiger partial charge on any atom is 0.331 e. The van der Waals surface area contributed by atoms with Crippen LogP contribution < -0.4 is 11.2 Å². The van der Waals surface area contributed by atoms with Gasteiger partial charge >= 0.3 is 5.69 Å². The van der Waals surface area contributed by atoms with Crippen LogP contribution in [0.3, 0.4) is 0 Å². The van der Waals surface area contributed by atoms with Gasteiger partial charge in [-0.05, 0) is 43.4 Å². The summed E-state index contributed by atoms with van der Waals surface area (Å²) >= 11 is 0. The molecule has 0 aliphatic carbocycles. The van der Waals surface area contributed by atoms with Crippen LogP contribution in [0, 0.1) is 6.92 Å². The molecule has 3 aromatic heterocycles. The highest BCUT2D eigenvalue weighted by molar-refractivity contribution is 5.93. The van der Waals surface area contributed by atoms with Gasteiger partial charge in [0.15, 0.2) is 0 Å². The van der Waals surface area contributed by atoms with Crippen molar-refractivity contribution in [2.45, 2.75) is 45.6 Å². The molecule has 0 spiro atoms. The highest BCUT2D eigenvalue weighted by atomic mass is 16.2. The lowest BCUT2D eigenvalue weighted by Gasteiger charge is -2.27. The highest BCUT2D eigenvalue weighted by Crippen LogP contribution is 2.37. The molecule has 0 N–H and O–H groups in total. The second kappa shape index (κ2) is 9.09. The Balaban J connectivity index is 1.82. The van der Waals surface area contributed by atoms with E-state index in [1.54, 1.807) is 17.3 Å². The smallest absolute Gasteiger partial charge is 0.329 e. The monoisotopic (exact) mass is 448 g/mol. The fraction of sp³-hybridized carbons (Fsp3) is 0.417. The molecule has 9 heteroatoms. The van der Waals surface area contributed by atoms with Crippen LogP contribution in [0.25, 0.3) is 11.1 Å². The van der Waals surface area contributed by atoms with Gasteiger partial charge in [-0.3, -0.25) is 23.7 Å². The molecule has 1 atom stereocenters. The van der Waals surface area contributed by atoms with E-state index in [1.807, 2.05) is 19.2 Å². The van der Waals surface area contributed by atoms with Gasteiger partial charge in [-0.2, -0.15) is 0 Å². The van der Waals surface area contributed by atoms with Crippen LogP contribution in [0.1, 0.15) is 59.8 Å². The van der Waals surface area contributed by atoms with Gasteiger partial charge in [0.1, 0.15) is 11.5 Å². The molecule has 1 fully saturated rings. The predicted octanol–water partition coefficient (Wildman–Crippen LogP) is 2.17. The van der Waals surface area contributed by atoms with Crippen molar-refractivity contribution in [3.05, 3.63) is 74.3 Å². The molecular weight excluding hydrogens is 420 g/mol. The number of carbonyl (C=O) groups excluding carboxylic acids is 1. The molecule has 1 amide bonds. The van der Waals surface area contributed by atoms with Crippen LogP contribution in [0.5, 0.6) is 0 Å². The van der Waals surface area contributed by atoms with Crippen LogP contribution >= 0.6 is 0 Å². The van der Waals surface area contributed by atoms with Gasteiger partial charge < -0.3 is 4.90 Å². The van der Waals surface area contributed by atoms with Crippen molar-refractivity contribution in [1.82, 2.24) is 29.0 Å². The zero-order valence-corrected chi connectivity index (χ0v) is 19.4. The fourth-order valence-electron chi connectivity index (χ4n) is 4.39. The van der Waals surface area contributed by atoms with Gasteiger partial charge in [0.05, 0.1) is 11.7 Å². The zero-order valence-electron chi connectivity index (χ0n) is 19.4. The topological polar surface area (TPSA) is 103 Å². The summed E-state index contributed by atoms with van der Waals surface area (Å²) in [6.07, 6.45) is 8.57. The van der Waals surface area contributed by atoms with Gasteiger partial charge in [0.2, 0.25) is 0 Å². The lowest BCUT2D eigenvalue weighted by molar-refractivity contribution is 0.0721.